The lowest BCUT2D eigenvalue weighted by Crippen LogP contribution is -2.55. The first kappa shape index (κ1) is 19.9. The number of rotatable bonds is 4. The highest BCUT2D eigenvalue weighted by atomic mass is 35.5. The number of urea groups is 1. The van der Waals surface area contributed by atoms with Crippen LogP contribution in [0.4, 0.5) is 18.0 Å². The maximum atomic E-state index is 14.0. The Balaban J connectivity index is 1.64. The number of nitrogens with zero attached hydrogens (tertiary/aromatic N) is 3. The van der Waals surface area contributed by atoms with Crippen LogP contribution in [0.5, 0.6) is 0 Å². The third-order valence-electron chi connectivity index (χ3n) is 4.60. The molecule has 11 heteroatoms. The second-order valence-corrected chi connectivity index (χ2v) is 6.89. The molecule has 1 aliphatic heterocycles. The number of nitrogens with one attached hydrogen (secondary N) is 1. The van der Waals surface area contributed by atoms with Crippen molar-refractivity contribution in [3.8, 4) is 11.4 Å². The fourth-order valence-electron chi connectivity index (χ4n) is 3.13. The Hall–Kier alpha value is -3.40. The standard InChI is InChI=1S/C19H12ClF3N4O3/c20-13-8-6-11(7-9-13)15-24-14(30-26-15)10-27-16(28)18(19(21,22)23,25-17(27)29)12-4-2-1-3-5-12/h1-9H,10H2,(H,25,29). The first-order valence-electron chi connectivity index (χ1n) is 8.57. The smallest absolute Gasteiger partial charge is 0.337 e. The molecule has 154 valence electrons. The molecule has 0 radical (unpaired) electrons. The maximum absolute atomic E-state index is 14.0. The van der Waals surface area contributed by atoms with Crippen LogP contribution in [-0.4, -0.2) is 33.2 Å². The van der Waals surface area contributed by atoms with E-state index in [1.54, 1.807) is 29.6 Å². The highest BCUT2D eigenvalue weighted by molar-refractivity contribution is 6.30. The molecule has 1 aromatic heterocycles. The summed E-state index contributed by atoms with van der Waals surface area (Å²) in [5.41, 5.74) is -3.05. The molecule has 0 bridgehead atoms. The van der Waals surface area contributed by atoms with Gasteiger partial charge in [0.25, 0.3) is 5.91 Å². The number of carbonyl (C=O) groups is 2. The highest BCUT2D eigenvalue weighted by Crippen LogP contribution is 2.43. The summed E-state index contributed by atoms with van der Waals surface area (Å²) in [4.78, 5) is 29.6. The molecule has 1 saturated heterocycles. The summed E-state index contributed by atoms with van der Waals surface area (Å²) in [5, 5.41) is 6.02. The molecule has 30 heavy (non-hydrogen) atoms. The van der Waals surface area contributed by atoms with E-state index in [9.17, 15) is 22.8 Å². The second kappa shape index (κ2) is 7.13. The molecular formula is C19H12ClF3N4O3. The maximum Gasteiger partial charge on any atom is 0.425 e. The predicted molar refractivity (Wildman–Crippen MR) is 98.0 cm³/mol. The SMILES string of the molecule is O=C1NC(c2ccccc2)(C(F)(F)F)C(=O)N1Cc1nc(-c2ccc(Cl)cc2)no1. The Morgan fingerprint density at radius 3 is 2.37 bits per heavy atom. The summed E-state index contributed by atoms with van der Waals surface area (Å²) in [6, 6.07) is 11.7. The normalized spacial score (nSPS) is 19.3. The van der Waals surface area contributed by atoms with E-state index in [-0.39, 0.29) is 11.7 Å². The largest absolute Gasteiger partial charge is 0.425 e. The second-order valence-electron chi connectivity index (χ2n) is 6.45. The molecular weight excluding hydrogens is 425 g/mol. The van der Waals surface area contributed by atoms with E-state index < -0.39 is 35.8 Å². The number of hydrogen-bond acceptors (Lipinski definition) is 5. The third-order valence-corrected chi connectivity index (χ3v) is 4.85. The van der Waals surface area contributed by atoms with Crippen molar-refractivity contribution in [1.29, 1.82) is 0 Å². The van der Waals surface area contributed by atoms with Crippen LogP contribution in [-0.2, 0) is 16.9 Å². The lowest BCUT2D eigenvalue weighted by atomic mass is 9.89. The molecule has 2 aromatic carbocycles. The summed E-state index contributed by atoms with van der Waals surface area (Å²) in [5.74, 6) is -1.54. The van der Waals surface area contributed by atoms with Gasteiger partial charge in [-0.05, 0) is 29.8 Å². The van der Waals surface area contributed by atoms with Gasteiger partial charge in [-0.25, -0.2) is 4.79 Å². The van der Waals surface area contributed by atoms with E-state index >= 15 is 0 Å². The minimum Gasteiger partial charge on any atom is -0.337 e. The number of amides is 3. The van der Waals surface area contributed by atoms with Crippen molar-refractivity contribution in [1.82, 2.24) is 20.4 Å². The van der Waals surface area contributed by atoms with Crippen molar-refractivity contribution >= 4 is 23.5 Å². The number of imide groups is 1. The molecule has 2 heterocycles. The number of alkyl halides is 3. The zero-order chi connectivity index (χ0) is 21.5. The Labute approximate surface area is 172 Å². The van der Waals surface area contributed by atoms with Crippen molar-refractivity contribution in [2.75, 3.05) is 0 Å². The van der Waals surface area contributed by atoms with Gasteiger partial charge in [0.2, 0.25) is 17.3 Å². The van der Waals surface area contributed by atoms with E-state index in [0.29, 0.717) is 15.5 Å². The molecule has 3 amide bonds. The molecule has 1 atom stereocenters. The van der Waals surface area contributed by atoms with E-state index in [2.05, 4.69) is 10.1 Å². The summed E-state index contributed by atoms with van der Waals surface area (Å²) in [6.45, 7) is -0.615. The summed E-state index contributed by atoms with van der Waals surface area (Å²) in [7, 11) is 0. The monoisotopic (exact) mass is 436 g/mol. The fourth-order valence-corrected chi connectivity index (χ4v) is 3.26. The summed E-state index contributed by atoms with van der Waals surface area (Å²) >= 11 is 5.82. The molecule has 4 rings (SSSR count). The lowest BCUT2D eigenvalue weighted by molar-refractivity contribution is -0.198. The van der Waals surface area contributed by atoms with Gasteiger partial charge in [0.05, 0.1) is 0 Å². The van der Waals surface area contributed by atoms with Gasteiger partial charge < -0.3 is 9.84 Å². The molecule has 3 aromatic rings. The molecule has 0 spiro atoms. The first-order valence-corrected chi connectivity index (χ1v) is 8.95. The quantitative estimate of drug-likeness (QED) is 0.627. The van der Waals surface area contributed by atoms with Crippen LogP contribution in [0.2, 0.25) is 5.02 Å². The Morgan fingerprint density at radius 2 is 1.73 bits per heavy atom. The van der Waals surface area contributed by atoms with Crippen LogP contribution < -0.4 is 5.32 Å². The van der Waals surface area contributed by atoms with Crippen molar-refractivity contribution < 1.29 is 27.3 Å². The number of aromatic nitrogens is 2. The minimum atomic E-state index is -5.07. The van der Waals surface area contributed by atoms with Gasteiger partial charge in [-0.2, -0.15) is 18.2 Å². The first-order chi connectivity index (χ1) is 14.2. The van der Waals surface area contributed by atoms with Crippen LogP contribution in [0, 0.1) is 0 Å². The van der Waals surface area contributed by atoms with E-state index in [1.807, 2.05) is 0 Å². The zero-order valence-corrected chi connectivity index (χ0v) is 15.7. The van der Waals surface area contributed by atoms with Gasteiger partial charge in [-0.15, -0.1) is 0 Å². The van der Waals surface area contributed by atoms with Gasteiger partial charge in [0.1, 0.15) is 6.54 Å². The minimum absolute atomic E-state index is 0.138. The molecule has 1 unspecified atom stereocenters. The number of benzene rings is 2. The summed E-state index contributed by atoms with van der Waals surface area (Å²) in [6.07, 6.45) is -5.07. The van der Waals surface area contributed by atoms with Crippen molar-refractivity contribution in [3.05, 3.63) is 71.1 Å². The molecule has 1 N–H and O–H groups in total. The number of halogens is 4. The van der Waals surface area contributed by atoms with Gasteiger partial charge in [-0.1, -0.05) is 47.1 Å². The van der Waals surface area contributed by atoms with Gasteiger partial charge in [0, 0.05) is 10.6 Å². The van der Waals surface area contributed by atoms with Crippen molar-refractivity contribution in [3.63, 3.8) is 0 Å². The topological polar surface area (TPSA) is 88.3 Å². The van der Waals surface area contributed by atoms with E-state index in [1.165, 1.54) is 18.2 Å². The van der Waals surface area contributed by atoms with Crippen molar-refractivity contribution in [2.45, 2.75) is 18.3 Å². The zero-order valence-electron chi connectivity index (χ0n) is 15.0. The van der Waals surface area contributed by atoms with E-state index in [0.717, 1.165) is 12.1 Å². The average Bonchev–Trinajstić information content (AvgIpc) is 3.28. The van der Waals surface area contributed by atoms with Crippen LogP contribution in [0.3, 0.4) is 0 Å². The third kappa shape index (κ3) is 3.18. The van der Waals surface area contributed by atoms with E-state index in [4.69, 9.17) is 16.1 Å². The van der Waals surface area contributed by atoms with Gasteiger partial charge in [-0.3, -0.25) is 9.69 Å². The van der Waals surface area contributed by atoms with Crippen LogP contribution in [0.1, 0.15) is 11.5 Å². The predicted octanol–water partition coefficient (Wildman–Crippen LogP) is 3.90. The Kier molecular flexibility index (Phi) is 4.73. The Morgan fingerprint density at radius 1 is 1.07 bits per heavy atom. The molecule has 7 nitrogen and oxygen atoms in total. The van der Waals surface area contributed by atoms with Crippen LogP contribution >= 0.6 is 11.6 Å². The highest BCUT2D eigenvalue weighted by Gasteiger charge is 2.68. The van der Waals surface area contributed by atoms with Crippen LogP contribution in [0.25, 0.3) is 11.4 Å². The molecule has 1 fully saturated rings. The molecule has 0 aliphatic carbocycles. The average molecular weight is 437 g/mol. The number of carbonyl (C=O) groups excluding carboxylic acids is 2. The van der Waals surface area contributed by atoms with Crippen LogP contribution in [0.15, 0.2) is 59.1 Å². The number of hydrogen-bond donors (Lipinski definition) is 1. The van der Waals surface area contributed by atoms with Gasteiger partial charge in [0.15, 0.2) is 0 Å². The van der Waals surface area contributed by atoms with Crippen molar-refractivity contribution in [2.24, 2.45) is 0 Å². The fraction of sp³-hybridized carbons (Fsp3) is 0.158. The summed E-state index contributed by atoms with van der Waals surface area (Å²) < 4.78 is 46.9. The molecule has 0 saturated carbocycles. The Bertz CT molecular complexity index is 1100. The van der Waals surface area contributed by atoms with Gasteiger partial charge >= 0.3 is 12.2 Å². The molecule has 1 aliphatic rings. The lowest BCUT2D eigenvalue weighted by Gasteiger charge is -2.29.